The van der Waals surface area contributed by atoms with Crippen LogP contribution >= 0.6 is 15.9 Å². The van der Waals surface area contributed by atoms with Crippen LogP contribution in [0.1, 0.15) is 36.8 Å². The molecule has 180 valence electrons. The van der Waals surface area contributed by atoms with E-state index in [-0.39, 0.29) is 36.1 Å². The molecule has 0 unspecified atom stereocenters. The smallest absolute Gasteiger partial charge is 0.310 e. The lowest BCUT2D eigenvalue weighted by atomic mass is 9.71. The van der Waals surface area contributed by atoms with Crippen molar-refractivity contribution >= 4 is 27.8 Å². The van der Waals surface area contributed by atoms with E-state index >= 15 is 0 Å². The average Bonchev–Trinajstić information content (AvgIpc) is 2.84. The molecule has 6 nitrogen and oxygen atoms in total. The first-order chi connectivity index (χ1) is 16.3. The molecule has 0 saturated carbocycles. The van der Waals surface area contributed by atoms with Gasteiger partial charge in [0.05, 0.1) is 19.6 Å². The van der Waals surface area contributed by atoms with Gasteiger partial charge in [0.2, 0.25) is 0 Å². The van der Waals surface area contributed by atoms with Crippen LogP contribution in [0.25, 0.3) is 0 Å². The van der Waals surface area contributed by atoms with Gasteiger partial charge in [0.15, 0.2) is 6.61 Å². The van der Waals surface area contributed by atoms with Gasteiger partial charge in [-0.05, 0) is 67.0 Å². The minimum absolute atomic E-state index is 0.0496. The number of hydrogen-bond acceptors (Lipinski definition) is 5. The molecule has 0 spiro atoms. The number of nitriles is 1. The topological polar surface area (TPSA) is 79.6 Å². The second-order valence-electron chi connectivity index (χ2n) is 8.64. The van der Waals surface area contributed by atoms with Gasteiger partial charge >= 0.3 is 5.97 Å². The lowest BCUT2D eigenvalue weighted by Crippen LogP contribution is -2.45. The molecular weight excluding hydrogens is 503 g/mol. The van der Waals surface area contributed by atoms with E-state index in [2.05, 4.69) is 22.0 Å². The van der Waals surface area contributed by atoms with Crippen molar-refractivity contribution in [1.29, 1.82) is 5.26 Å². The molecule has 0 aromatic heterocycles. The summed E-state index contributed by atoms with van der Waals surface area (Å²) < 4.78 is 24.6. The first-order valence-electron chi connectivity index (χ1n) is 11.2. The number of halogens is 2. The van der Waals surface area contributed by atoms with Crippen LogP contribution in [0.5, 0.6) is 5.75 Å². The largest absolute Gasteiger partial charge is 0.483 e. The molecule has 1 aliphatic rings. The van der Waals surface area contributed by atoms with Crippen LogP contribution < -0.4 is 4.74 Å². The van der Waals surface area contributed by atoms with Gasteiger partial charge < -0.3 is 14.4 Å². The molecule has 34 heavy (non-hydrogen) atoms. The van der Waals surface area contributed by atoms with E-state index in [4.69, 9.17) is 14.7 Å². The number of benzene rings is 2. The van der Waals surface area contributed by atoms with Crippen LogP contribution in [0.4, 0.5) is 4.39 Å². The summed E-state index contributed by atoms with van der Waals surface area (Å²) in [6.07, 6.45) is 3.53. The fourth-order valence-electron chi connectivity index (χ4n) is 4.39. The van der Waals surface area contributed by atoms with Crippen molar-refractivity contribution in [3.63, 3.8) is 0 Å². The molecule has 3 rings (SSSR count). The van der Waals surface area contributed by atoms with Crippen molar-refractivity contribution in [2.45, 2.75) is 38.5 Å². The van der Waals surface area contributed by atoms with E-state index in [1.54, 1.807) is 35.2 Å². The van der Waals surface area contributed by atoms with Gasteiger partial charge in [-0.25, -0.2) is 4.39 Å². The Morgan fingerprint density at radius 1 is 1.18 bits per heavy atom. The monoisotopic (exact) mass is 530 g/mol. The third-order valence-electron chi connectivity index (χ3n) is 6.37. The zero-order chi connectivity index (χ0) is 24.6. The Morgan fingerprint density at radius 2 is 1.88 bits per heavy atom. The Morgan fingerprint density at radius 3 is 2.53 bits per heavy atom. The zero-order valence-electron chi connectivity index (χ0n) is 19.2. The van der Waals surface area contributed by atoms with Crippen LogP contribution in [-0.2, 0) is 27.2 Å². The average molecular weight is 531 g/mol. The molecule has 1 saturated heterocycles. The number of nitrogens with zero attached hydrogens (tertiary/aromatic N) is 2. The van der Waals surface area contributed by atoms with Crippen LogP contribution in [0.2, 0.25) is 0 Å². The molecule has 1 aliphatic heterocycles. The van der Waals surface area contributed by atoms with Gasteiger partial charge in [0.1, 0.15) is 11.6 Å². The normalized spacial score (nSPS) is 14.8. The second kappa shape index (κ2) is 12.0. The Bertz CT molecular complexity index is 1040. The summed E-state index contributed by atoms with van der Waals surface area (Å²) >= 11 is 3.38. The highest BCUT2D eigenvalue weighted by Crippen LogP contribution is 2.39. The highest BCUT2D eigenvalue weighted by Gasteiger charge is 2.35. The quantitative estimate of drug-likeness (QED) is 0.433. The Balaban J connectivity index is 1.60. The van der Waals surface area contributed by atoms with E-state index in [1.165, 1.54) is 19.2 Å². The molecular formula is C26H28BrFN2O4. The first-order valence-corrected chi connectivity index (χ1v) is 12.0. The zero-order valence-corrected chi connectivity index (χ0v) is 20.8. The van der Waals surface area contributed by atoms with Crippen molar-refractivity contribution in [2.24, 2.45) is 5.41 Å². The maximum atomic E-state index is 13.3. The van der Waals surface area contributed by atoms with Gasteiger partial charge in [0.25, 0.3) is 5.91 Å². The van der Waals surface area contributed by atoms with Crippen LogP contribution in [0.3, 0.4) is 0 Å². The predicted octanol–water partition coefficient (Wildman–Crippen LogP) is 4.84. The molecule has 2 aromatic carbocycles. The summed E-state index contributed by atoms with van der Waals surface area (Å²) in [6, 6.07) is 14.0. The number of ether oxygens (including phenoxy) is 2. The number of rotatable bonds is 9. The summed E-state index contributed by atoms with van der Waals surface area (Å²) in [7, 11) is 1.33. The van der Waals surface area contributed by atoms with Crippen molar-refractivity contribution < 1.29 is 23.5 Å². The molecule has 1 fully saturated rings. The molecule has 0 N–H and O–H groups in total. The van der Waals surface area contributed by atoms with E-state index in [0.717, 1.165) is 35.7 Å². The third kappa shape index (κ3) is 7.04. The van der Waals surface area contributed by atoms with Crippen molar-refractivity contribution in [1.82, 2.24) is 4.90 Å². The highest BCUT2D eigenvalue weighted by atomic mass is 79.9. The summed E-state index contributed by atoms with van der Waals surface area (Å²) in [5.41, 5.74) is 1.59. The van der Waals surface area contributed by atoms with Crippen molar-refractivity contribution in [3.05, 3.63) is 63.9 Å². The summed E-state index contributed by atoms with van der Waals surface area (Å²) in [6.45, 7) is 1.02. The SMILES string of the molecule is COC(=O)Cc1cc(Br)ccc1OCC(=O)N1CCC(CCC#N)(Cc2ccc(F)cc2)CC1. The lowest BCUT2D eigenvalue weighted by molar-refractivity contribution is -0.139. The van der Waals surface area contributed by atoms with E-state index < -0.39 is 0 Å². The number of hydrogen-bond donors (Lipinski definition) is 0. The molecule has 0 bridgehead atoms. The Hall–Kier alpha value is -2.92. The fraction of sp³-hybridized carbons (Fsp3) is 0.423. The van der Waals surface area contributed by atoms with E-state index in [0.29, 0.717) is 30.8 Å². The maximum Gasteiger partial charge on any atom is 0.310 e. The highest BCUT2D eigenvalue weighted by molar-refractivity contribution is 9.10. The summed E-state index contributed by atoms with van der Waals surface area (Å²) in [4.78, 5) is 26.3. The fourth-order valence-corrected chi connectivity index (χ4v) is 4.80. The number of likely N-dealkylation sites (tertiary alicyclic amines) is 1. The van der Waals surface area contributed by atoms with E-state index in [1.807, 2.05) is 0 Å². The molecule has 0 radical (unpaired) electrons. The number of carbonyl (C=O) groups excluding carboxylic acids is 2. The predicted molar refractivity (Wildman–Crippen MR) is 129 cm³/mol. The minimum Gasteiger partial charge on any atom is -0.483 e. The third-order valence-corrected chi connectivity index (χ3v) is 6.87. The number of piperidine rings is 1. The van der Waals surface area contributed by atoms with Gasteiger partial charge in [0, 0.05) is 29.5 Å². The van der Waals surface area contributed by atoms with Crippen LogP contribution in [0.15, 0.2) is 46.9 Å². The maximum absolute atomic E-state index is 13.3. The summed E-state index contributed by atoms with van der Waals surface area (Å²) in [5.74, 6) is -0.308. The van der Waals surface area contributed by atoms with Crippen molar-refractivity contribution in [3.8, 4) is 11.8 Å². The van der Waals surface area contributed by atoms with Crippen molar-refractivity contribution in [2.75, 3.05) is 26.8 Å². The molecule has 2 aromatic rings. The number of esters is 1. The molecule has 1 amide bonds. The van der Waals surface area contributed by atoms with Crippen LogP contribution in [0, 0.1) is 22.6 Å². The lowest BCUT2D eigenvalue weighted by Gasteiger charge is -2.42. The standard InChI is InChI=1S/C26H28BrFN2O4/c1-33-25(32)16-20-15-21(27)5-8-23(20)34-18-24(31)30-13-10-26(11-14-30,9-2-12-29)17-19-3-6-22(28)7-4-19/h3-8,15H,2,9-11,13-14,16-18H2,1H3. The first kappa shape index (κ1) is 25.7. The van der Waals surface area contributed by atoms with Gasteiger partial charge in [-0.15, -0.1) is 0 Å². The second-order valence-corrected chi connectivity index (χ2v) is 9.55. The van der Waals surface area contributed by atoms with Gasteiger partial charge in [-0.2, -0.15) is 5.26 Å². The molecule has 0 atom stereocenters. The van der Waals surface area contributed by atoms with Crippen LogP contribution in [-0.4, -0.2) is 43.6 Å². The number of methoxy groups -OCH3 is 1. The van der Waals surface area contributed by atoms with E-state index in [9.17, 15) is 14.0 Å². The molecule has 8 heteroatoms. The Kier molecular flexibility index (Phi) is 9.05. The molecule has 1 heterocycles. The van der Waals surface area contributed by atoms with Gasteiger partial charge in [-0.1, -0.05) is 28.1 Å². The van der Waals surface area contributed by atoms with Gasteiger partial charge in [-0.3, -0.25) is 9.59 Å². The Labute approximate surface area is 207 Å². The molecule has 0 aliphatic carbocycles. The number of carbonyl (C=O) groups is 2. The summed E-state index contributed by atoms with van der Waals surface area (Å²) in [5, 5.41) is 9.13. The minimum atomic E-state index is -0.389. The number of amides is 1.